The van der Waals surface area contributed by atoms with E-state index >= 15 is 0 Å². The first-order valence-electron chi connectivity index (χ1n) is 7.77. The van der Waals surface area contributed by atoms with Crippen LogP contribution in [-0.2, 0) is 4.79 Å². The largest absolute Gasteiger partial charge is 0.339 e. The first-order valence-corrected chi connectivity index (χ1v) is 7.77. The van der Waals surface area contributed by atoms with Crippen LogP contribution in [0.5, 0.6) is 0 Å². The van der Waals surface area contributed by atoms with Crippen molar-refractivity contribution in [3.8, 4) is 0 Å². The summed E-state index contributed by atoms with van der Waals surface area (Å²) in [5.74, 6) is 1.31. The monoisotopic (exact) mass is 250 g/mol. The molecule has 102 valence electrons. The second-order valence-corrected chi connectivity index (χ2v) is 6.52. The lowest BCUT2D eigenvalue weighted by Gasteiger charge is -2.40. The molecule has 3 rings (SSSR count). The summed E-state index contributed by atoms with van der Waals surface area (Å²) in [6, 6.07) is 0.594. The topological polar surface area (TPSA) is 32.3 Å². The molecule has 0 radical (unpaired) electrons. The van der Waals surface area contributed by atoms with E-state index in [4.69, 9.17) is 0 Å². The van der Waals surface area contributed by atoms with Crippen LogP contribution >= 0.6 is 0 Å². The summed E-state index contributed by atoms with van der Waals surface area (Å²) < 4.78 is 0. The summed E-state index contributed by atoms with van der Waals surface area (Å²) in [5.41, 5.74) is -0.0390. The molecule has 1 aliphatic heterocycles. The lowest BCUT2D eigenvalue weighted by Crippen LogP contribution is -2.50. The Hall–Kier alpha value is -0.570. The van der Waals surface area contributed by atoms with Crippen LogP contribution in [0.2, 0.25) is 0 Å². The van der Waals surface area contributed by atoms with Gasteiger partial charge in [-0.05, 0) is 64.0 Å². The maximum atomic E-state index is 13.0. The van der Waals surface area contributed by atoms with Crippen molar-refractivity contribution in [1.82, 2.24) is 10.2 Å². The summed E-state index contributed by atoms with van der Waals surface area (Å²) in [6.07, 6.45) is 8.27. The highest BCUT2D eigenvalue weighted by molar-refractivity contribution is 5.83. The van der Waals surface area contributed by atoms with Crippen LogP contribution in [0.3, 0.4) is 0 Å². The molecule has 1 saturated heterocycles. The van der Waals surface area contributed by atoms with Crippen molar-refractivity contribution in [2.75, 3.05) is 19.6 Å². The number of hydrogen-bond acceptors (Lipinski definition) is 2. The molecule has 3 fully saturated rings. The van der Waals surface area contributed by atoms with Crippen molar-refractivity contribution < 1.29 is 4.79 Å². The molecular formula is C15H26N2O. The number of carbonyl (C=O) groups excluding carboxylic acids is 1. The molecule has 3 heteroatoms. The first-order chi connectivity index (χ1) is 8.75. The number of nitrogens with one attached hydrogen (secondary N) is 1. The third-order valence-electron chi connectivity index (χ3n) is 5.09. The second kappa shape index (κ2) is 4.84. The molecule has 0 unspecified atom stereocenters. The molecule has 3 aliphatic rings. The summed E-state index contributed by atoms with van der Waals surface area (Å²) in [7, 11) is 0. The van der Waals surface area contributed by atoms with Crippen molar-refractivity contribution in [1.29, 1.82) is 0 Å². The number of piperidine rings is 1. The molecule has 1 N–H and O–H groups in total. The minimum absolute atomic E-state index is 0.0390. The molecule has 0 aromatic carbocycles. The molecule has 0 bridgehead atoms. The van der Waals surface area contributed by atoms with Crippen molar-refractivity contribution in [2.45, 2.75) is 57.9 Å². The zero-order valence-corrected chi connectivity index (χ0v) is 11.6. The Balaban J connectivity index is 1.72. The van der Waals surface area contributed by atoms with Crippen molar-refractivity contribution in [2.24, 2.45) is 11.3 Å². The third-order valence-corrected chi connectivity index (χ3v) is 5.09. The average molecular weight is 250 g/mol. The second-order valence-electron chi connectivity index (χ2n) is 6.52. The fourth-order valence-electron chi connectivity index (χ4n) is 3.29. The van der Waals surface area contributed by atoms with Gasteiger partial charge in [0.15, 0.2) is 0 Å². The number of rotatable bonds is 5. The van der Waals surface area contributed by atoms with E-state index in [1.807, 2.05) is 0 Å². The van der Waals surface area contributed by atoms with Crippen LogP contribution in [0.1, 0.15) is 51.9 Å². The molecule has 1 heterocycles. The van der Waals surface area contributed by atoms with Crippen LogP contribution in [0.25, 0.3) is 0 Å². The standard InChI is InChI=1S/C15H26N2O/c1-2-15(7-9-16-10-8-15)14(18)17(13-5-6-13)11-12-3-4-12/h12-13,16H,2-11H2,1H3. The number of carbonyl (C=O) groups is 1. The predicted octanol–water partition coefficient (Wildman–Crippen LogP) is 2.17. The van der Waals surface area contributed by atoms with E-state index in [0.29, 0.717) is 11.9 Å². The van der Waals surface area contributed by atoms with Gasteiger partial charge in [0, 0.05) is 12.6 Å². The Labute approximate surface area is 110 Å². The van der Waals surface area contributed by atoms with Crippen LogP contribution in [-0.4, -0.2) is 36.5 Å². The van der Waals surface area contributed by atoms with E-state index in [0.717, 1.165) is 44.8 Å². The van der Waals surface area contributed by atoms with Crippen molar-refractivity contribution >= 4 is 5.91 Å². The molecular weight excluding hydrogens is 224 g/mol. The Morgan fingerprint density at radius 3 is 2.39 bits per heavy atom. The van der Waals surface area contributed by atoms with E-state index in [2.05, 4.69) is 17.1 Å². The Bertz CT molecular complexity index is 314. The molecule has 1 amide bonds. The van der Waals surface area contributed by atoms with Gasteiger partial charge in [0.25, 0.3) is 0 Å². The van der Waals surface area contributed by atoms with Gasteiger partial charge in [-0.1, -0.05) is 6.92 Å². The molecule has 0 atom stereocenters. The molecule has 2 aliphatic carbocycles. The maximum Gasteiger partial charge on any atom is 0.229 e. The number of hydrogen-bond donors (Lipinski definition) is 1. The zero-order chi connectivity index (χ0) is 12.6. The van der Waals surface area contributed by atoms with Crippen LogP contribution in [0.15, 0.2) is 0 Å². The average Bonchev–Trinajstić information content (AvgIpc) is 3.29. The highest BCUT2D eigenvalue weighted by Crippen LogP contribution is 2.41. The maximum absolute atomic E-state index is 13.0. The van der Waals surface area contributed by atoms with E-state index in [-0.39, 0.29) is 5.41 Å². The van der Waals surface area contributed by atoms with Gasteiger partial charge in [-0.3, -0.25) is 4.79 Å². The van der Waals surface area contributed by atoms with Crippen LogP contribution in [0, 0.1) is 11.3 Å². The Morgan fingerprint density at radius 2 is 1.89 bits per heavy atom. The van der Waals surface area contributed by atoms with E-state index in [1.54, 1.807) is 0 Å². The molecule has 0 aromatic heterocycles. The Kier molecular flexibility index (Phi) is 3.35. The van der Waals surface area contributed by atoms with Gasteiger partial charge in [-0.2, -0.15) is 0 Å². The molecule has 2 saturated carbocycles. The lowest BCUT2D eigenvalue weighted by atomic mass is 9.75. The van der Waals surface area contributed by atoms with Crippen LogP contribution < -0.4 is 5.32 Å². The van der Waals surface area contributed by atoms with Gasteiger partial charge >= 0.3 is 0 Å². The van der Waals surface area contributed by atoms with Gasteiger partial charge in [0.05, 0.1) is 5.41 Å². The van der Waals surface area contributed by atoms with Gasteiger partial charge in [0.1, 0.15) is 0 Å². The summed E-state index contributed by atoms with van der Waals surface area (Å²) >= 11 is 0. The lowest BCUT2D eigenvalue weighted by molar-refractivity contribution is -0.145. The SMILES string of the molecule is CCC1(C(=O)N(CC2CC2)C2CC2)CCNCC1. The normalized spacial score (nSPS) is 26.9. The smallest absolute Gasteiger partial charge is 0.229 e. The predicted molar refractivity (Wildman–Crippen MR) is 72.3 cm³/mol. The van der Waals surface area contributed by atoms with E-state index in [1.165, 1.54) is 25.7 Å². The Morgan fingerprint density at radius 1 is 1.22 bits per heavy atom. The van der Waals surface area contributed by atoms with Gasteiger partial charge in [-0.15, -0.1) is 0 Å². The highest BCUT2D eigenvalue weighted by atomic mass is 16.2. The van der Waals surface area contributed by atoms with Gasteiger partial charge in [-0.25, -0.2) is 0 Å². The molecule has 18 heavy (non-hydrogen) atoms. The van der Waals surface area contributed by atoms with Gasteiger partial charge < -0.3 is 10.2 Å². The van der Waals surface area contributed by atoms with Crippen molar-refractivity contribution in [3.63, 3.8) is 0 Å². The molecule has 0 spiro atoms. The quantitative estimate of drug-likeness (QED) is 0.811. The summed E-state index contributed by atoms with van der Waals surface area (Å²) in [6.45, 7) is 5.28. The van der Waals surface area contributed by atoms with Gasteiger partial charge in [0.2, 0.25) is 5.91 Å². The van der Waals surface area contributed by atoms with Crippen molar-refractivity contribution in [3.05, 3.63) is 0 Å². The molecule has 0 aromatic rings. The zero-order valence-electron chi connectivity index (χ0n) is 11.6. The summed E-state index contributed by atoms with van der Waals surface area (Å²) in [4.78, 5) is 15.3. The number of nitrogens with zero attached hydrogens (tertiary/aromatic N) is 1. The minimum atomic E-state index is -0.0390. The third kappa shape index (κ3) is 2.42. The highest BCUT2D eigenvalue weighted by Gasteiger charge is 2.45. The fourth-order valence-corrected chi connectivity index (χ4v) is 3.29. The summed E-state index contributed by atoms with van der Waals surface area (Å²) in [5, 5.41) is 3.39. The fraction of sp³-hybridized carbons (Fsp3) is 0.933. The van der Waals surface area contributed by atoms with Crippen LogP contribution in [0.4, 0.5) is 0 Å². The number of amides is 1. The van der Waals surface area contributed by atoms with E-state index in [9.17, 15) is 4.79 Å². The first kappa shape index (κ1) is 12.5. The van der Waals surface area contributed by atoms with E-state index < -0.39 is 0 Å². The minimum Gasteiger partial charge on any atom is -0.339 e. The molecule has 3 nitrogen and oxygen atoms in total.